The molecule has 110 valence electrons. The Hall–Kier alpha value is -1.60. The van der Waals surface area contributed by atoms with Crippen molar-refractivity contribution < 1.29 is 22.5 Å². The van der Waals surface area contributed by atoms with Crippen LogP contribution in [-0.4, -0.2) is 31.3 Å². The van der Waals surface area contributed by atoms with Gasteiger partial charge in [-0.2, -0.15) is 12.7 Å². The molecule has 1 fully saturated rings. The molecule has 0 amide bonds. The number of carbonyl (C=O) groups excluding carboxylic acids is 1. The molecular weight excluding hydrogens is 282 g/mol. The smallest absolute Gasteiger partial charge is 0.385 e. The number of piperidine rings is 1. The van der Waals surface area contributed by atoms with Crippen molar-refractivity contribution in [2.45, 2.75) is 32.2 Å². The molecule has 0 aromatic heterocycles. The molecule has 1 atom stereocenters. The number of hydrogen-bond donors (Lipinski definition) is 0. The van der Waals surface area contributed by atoms with Gasteiger partial charge in [0.15, 0.2) is 0 Å². The second-order valence-electron chi connectivity index (χ2n) is 4.80. The average Bonchev–Trinajstić information content (AvgIpc) is 2.41. The molecule has 0 radical (unpaired) electrons. The molecule has 0 saturated carbocycles. The molecule has 7 heteroatoms. The summed E-state index contributed by atoms with van der Waals surface area (Å²) in [5.41, 5.74) is 0.973. The van der Waals surface area contributed by atoms with Crippen LogP contribution in [0.25, 0.3) is 0 Å². The Labute approximate surface area is 118 Å². The first kappa shape index (κ1) is 14.8. The maximum atomic E-state index is 12.2. The van der Waals surface area contributed by atoms with Crippen LogP contribution >= 0.6 is 0 Å². The summed E-state index contributed by atoms with van der Waals surface area (Å²) in [5, 5.41) is 11.0. The fourth-order valence-corrected chi connectivity index (χ4v) is 3.48. The molecular formula is C13H16NO5S-. The Balaban J connectivity index is 2.20. The van der Waals surface area contributed by atoms with Crippen LogP contribution in [0.4, 0.5) is 0 Å². The van der Waals surface area contributed by atoms with Gasteiger partial charge in [-0.05, 0) is 31.9 Å². The zero-order valence-electron chi connectivity index (χ0n) is 11.1. The lowest BCUT2D eigenvalue weighted by atomic mass is 10.1. The first-order valence-electron chi connectivity index (χ1n) is 6.39. The molecule has 0 spiro atoms. The van der Waals surface area contributed by atoms with Crippen LogP contribution in [0.1, 0.15) is 24.8 Å². The SMILES string of the molecule is Cc1ccc(OS(=O)(=O)N2CCCC[C@H]2C(=O)[O-])cc1. The van der Waals surface area contributed by atoms with Gasteiger partial charge in [0.05, 0.1) is 12.0 Å². The highest BCUT2D eigenvalue weighted by molar-refractivity contribution is 7.84. The minimum atomic E-state index is -4.13. The lowest BCUT2D eigenvalue weighted by Gasteiger charge is -2.34. The molecule has 1 heterocycles. The molecule has 2 rings (SSSR count). The van der Waals surface area contributed by atoms with E-state index < -0.39 is 22.3 Å². The number of aryl methyl sites for hydroxylation is 1. The van der Waals surface area contributed by atoms with E-state index in [4.69, 9.17) is 4.18 Å². The number of aliphatic carboxylic acids is 1. The number of carboxylic acid groups (broad SMARTS) is 1. The summed E-state index contributed by atoms with van der Waals surface area (Å²) < 4.78 is 30.2. The van der Waals surface area contributed by atoms with Gasteiger partial charge in [0.2, 0.25) is 0 Å². The minimum absolute atomic E-state index is 0.132. The summed E-state index contributed by atoms with van der Waals surface area (Å²) in [5.74, 6) is -1.22. The second kappa shape index (κ2) is 5.80. The second-order valence-corrected chi connectivity index (χ2v) is 6.29. The van der Waals surface area contributed by atoms with E-state index in [2.05, 4.69) is 0 Å². The monoisotopic (exact) mass is 298 g/mol. The number of nitrogens with zero attached hydrogens (tertiary/aromatic N) is 1. The van der Waals surface area contributed by atoms with E-state index >= 15 is 0 Å². The first-order chi connectivity index (χ1) is 9.40. The van der Waals surface area contributed by atoms with Gasteiger partial charge >= 0.3 is 10.3 Å². The zero-order chi connectivity index (χ0) is 14.8. The molecule has 1 aliphatic rings. The Kier molecular flexibility index (Phi) is 4.29. The Bertz CT molecular complexity index is 581. The van der Waals surface area contributed by atoms with Crippen LogP contribution in [0.5, 0.6) is 5.75 Å². The molecule has 0 unspecified atom stereocenters. The van der Waals surface area contributed by atoms with E-state index in [0.29, 0.717) is 12.8 Å². The molecule has 0 bridgehead atoms. The number of carboxylic acids is 1. The lowest BCUT2D eigenvalue weighted by Crippen LogP contribution is -2.53. The van der Waals surface area contributed by atoms with Gasteiger partial charge in [-0.3, -0.25) is 0 Å². The maximum Gasteiger partial charge on any atom is 0.385 e. The molecule has 1 aromatic rings. The minimum Gasteiger partial charge on any atom is -0.548 e. The molecule has 20 heavy (non-hydrogen) atoms. The number of carbonyl (C=O) groups is 1. The summed E-state index contributed by atoms with van der Waals surface area (Å²) in [6, 6.07) is 5.35. The van der Waals surface area contributed by atoms with Gasteiger partial charge in [0.25, 0.3) is 0 Å². The van der Waals surface area contributed by atoms with Crippen molar-refractivity contribution in [3.05, 3.63) is 29.8 Å². The summed E-state index contributed by atoms with van der Waals surface area (Å²) >= 11 is 0. The highest BCUT2D eigenvalue weighted by Gasteiger charge is 2.34. The Morgan fingerprint density at radius 2 is 1.95 bits per heavy atom. The Morgan fingerprint density at radius 1 is 1.30 bits per heavy atom. The van der Waals surface area contributed by atoms with Gasteiger partial charge in [0.1, 0.15) is 5.75 Å². The van der Waals surface area contributed by atoms with Crippen molar-refractivity contribution >= 4 is 16.3 Å². The van der Waals surface area contributed by atoms with Gasteiger partial charge in [-0.15, -0.1) is 0 Å². The number of benzene rings is 1. The highest BCUT2D eigenvalue weighted by Crippen LogP contribution is 2.23. The van der Waals surface area contributed by atoms with Crippen molar-refractivity contribution in [2.24, 2.45) is 0 Å². The summed E-state index contributed by atoms with van der Waals surface area (Å²) in [6.07, 6.45) is 1.52. The van der Waals surface area contributed by atoms with Gasteiger partial charge in [-0.25, -0.2) is 0 Å². The van der Waals surface area contributed by atoms with E-state index in [1.54, 1.807) is 12.1 Å². The third-order valence-electron chi connectivity index (χ3n) is 3.24. The molecule has 1 saturated heterocycles. The quantitative estimate of drug-likeness (QED) is 0.794. The molecule has 1 aliphatic heterocycles. The summed E-state index contributed by atoms with van der Waals surface area (Å²) in [6.45, 7) is 2.00. The fraction of sp³-hybridized carbons (Fsp3) is 0.462. The predicted octanol–water partition coefficient (Wildman–Crippen LogP) is 0.223. The summed E-state index contributed by atoms with van der Waals surface area (Å²) in [7, 11) is -4.13. The standard InChI is InChI=1S/C13H17NO5S/c1-10-5-7-11(8-6-10)19-20(17,18)14-9-3-2-4-12(14)13(15)16/h5-8,12H,2-4,9H2,1H3,(H,15,16)/p-1/t12-/m0/s1. The molecule has 6 nitrogen and oxygen atoms in total. The average molecular weight is 298 g/mol. The predicted molar refractivity (Wildman–Crippen MR) is 70.1 cm³/mol. The van der Waals surface area contributed by atoms with Crippen LogP contribution in [-0.2, 0) is 15.1 Å². The highest BCUT2D eigenvalue weighted by atomic mass is 32.2. The topological polar surface area (TPSA) is 86.7 Å². The zero-order valence-corrected chi connectivity index (χ0v) is 11.9. The number of rotatable bonds is 4. The van der Waals surface area contributed by atoms with Crippen LogP contribution in [0.15, 0.2) is 24.3 Å². The van der Waals surface area contributed by atoms with E-state index in [1.807, 2.05) is 6.92 Å². The van der Waals surface area contributed by atoms with Gasteiger partial charge < -0.3 is 14.1 Å². The van der Waals surface area contributed by atoms with Crippen molar-refractivity contribution in [3.63, 3.8) is 0 Å². The normalized spacial score (nSPS) is 20.6. The van der Waals surface area contributed by atoms with E-state index in [-0.39, 0.29) is 18.7 Å². The van der Waals surface area contributed by atoms with Crippen LogP contribution < -0.4 is 9.29 Å². The summed E-state index contributed by atoms with van der Waals surface area (Å²) in [4.78, 5) is 11.0. The van der Waals surface area contributed by atoms with Crippen LogP contribution in [0.2, 0.25) is 0 Å². The Morgan fingerprint density at radius 3 is 2.55 bits per heavy atom. The molecule has 0 N–H and O–H groups in total. The van der Waals surface area contributed by atoms with Gasteiger partial charge in [-0.1, -0.05) is 24.1 Å². The third-order valence-corrected chi connectivity index (χ3v) is 4.65. The largest absolute Gasteiger partial charge is 0.548 e. The van der Waals surface area contributed by atoms with E-state index in [1.165, 1.54) is 12.1 Å². The van der Waals surface area contributed by atoms with Crippen molar-refractivity contribution in [1.82, 2.24) is 4.31 Å². The molecule has 1 aromatic carbocycles. The first-order valence-corrected chi connectivity index (χ1v) is 7.75. The lowest BCUT2D eigenvalue weighted by molar-refractivity contribution is -0.311. The van der Waals surface area contributed by atoms with E-state index in [0.717, 1.165) is 9.87 Å². The van der Waals surface area contributed by atoms with Crippen molar-refractivity contribution in [1.29, 1.82) is 0 Å². The van der Waals surface area contributed by atoms with Crippen LogP contribution in [0.3, 0.4) is 0 Å². The maximum absolute atomic E-state index is 12.2. The van der Waals surface area contributed by atoms with Crippen molar-refractivity contribution in [3.8, 4) is 5.75 Å². The fourth-order valence-electron chi connectivity index (χ4n) is 2.17. The van der Waals surface area contributed by atoms with Crippen molar-refractivity contribution in [2.75, 3.05) is 6.54 Å². The number of hydrogen-bond acceptors (Lipinski definition) is 5. The molecule has 0 aliphatic carbocycles. The third kappa shape index (κ3) is 3.29. The van der Waals surface area contributed by atoms with Crippen LogP contribution in [0, 0.1) is 6.92 Å². The van der Waals surface area contributed by atoms with Gasteiger partial charge in [0, 0.05) is 6.54 Å². The van der Waals surface area contributed by atoms with E-state index in [9.17, 15) is 18.3 Å².